The fraction of sp³-hybridized carbons (Fsp3) is 1.00. The average molecular weight is 122 g/mol. The molecular weight excluding hydrogens is 114 g/mol. The molecule has 7 heavy (non-hydrogen) atoms. The van der Waals surface area contributed by atoms with Crippen molar-refractivity contribution < 1.29 is 4.74 Å². The number of alkyl halides is 1. The molecule has 0 aliphatic carbocycles. The third kappa shape index (κ3) is 1.30. The Morgan fingerprint density at radius 1 is 1.86 bits per heavy atom. The van der Waals surface area contributed by atoms with Crippen molar-refractivity contribution in [3.63, 3.8) is 0 Å². The van der Waals surface area contributed by atoms with Crippen molar-refractivity contribution in [2.24, 2.45) is 0 Å². The molecule has 1 N–H and O–H groups in total. The van der Waals surface area contributed by atoms with Crippen LogP contribution in [0.15, 0.2) is 0 Å². The predicted molar refractivity (Wildman–Crippen MR) is 28.5 cm³/mol. The zero-order chi connectivity index (χ0) is 5.11. The van der Waals surface area contributed by atoms with Gasteiger partial charge in [0.15, 0.2) is 0 Å². The second-order valence-corrected chi connectivity index (χ2v) is 1.88. The Morgan fingerprint density at radius 2 is 2.71 bits per heavy atom. The Kier molecular flexibility index (Phi) is 1.91. The maximum absolute atomic E-state index is 5.47. The summed E-state index contributed by atoms with van der Waals surface area (Å²) in [5.41, 5.74) is 0. The number of ether oxygens (including phenoxy) is 1. The van der Waals surface area contributed by atoms with Crippen LogP contribution in [0.25, 0.3) is 0 Å². The predicted octanol–water partition coefficient (Wildman–Crippen LogP) is 0.171. The largest absolute Gasteiger partial charge is 0.365 e. The quantitative estimate of drug-likeness (QED) is 0.500. The van der Waals surface area contributed by atoms with Gasteiger partial charge in [-0.05, 0) is 0 Å². The normalized spacial score (nSPS) is 31.3. The van der Waals surface area contributed by atoms with Crippen LogP contribution in [0.1, 0.15) is 0 Å². The van der Waals surface area contributed by atoms with Gasteiger partial charge in [0.25, 0.3) is 0 Å². The highest BCUT2D eigenvalue weighted by molar-refractivity contribution is 6.18. The topological polar surface area (TPSA) is 21.3 Å². The Morgan fingerprint density at radius 3 is 3.00 bits per heavy atom. The Balaban J connectivity index is 2.14. The van der Waals surface area contributed by atoms with Crippen molar-refractivity contribution in [3.8, 4) is 0 Å². The lowest BCUT2D eigenvalue weighted by Crippen LogP contribution is -2.24. The van der Waals surface area contributed by atoms with E-state index in [1.807, 2.05) is 0 Å². The SMILES string of the molecule is ClC[C@@H]1COCN1. The minimum Gasteiger partial charge on any atom is -0.365 e. The molecule has 0 bridgehead atoms. The maximum atomic E-state index is 5.47. The molecule has 0 aromatic carbocycles. The van der Waals surface area contributed by atoms with E-state index in [2.05, 4.69) is 5.32 Å². The summed E-state index contributed by atoms with van der Waals surface area (Å²) in [4.78, 5) is 0. The summed E-state index contributed by atoms with van der Waals surface area (Å²) in [6, 6.07) is 0.390. The molecule has 0 aromatic rings. The van der Waals surface area contributed by atoms with E-state index in [0.717, 1.165) is 6.61 Å². The lowest BCUT2D eigenvalue weighted by Gasteiger charge is -1.97. The van der Waals surface area contributed by atoms with Gasteiger partial charge >= 0.3 is 0 Å². The molecule has 0 amide bonds. The molecular formula is C4H8ClNO. The van der Waals surface area contributed by atoms with Gasteiger partial charge in [0.2, 0.25) is 0 Å². The number of hydrogen-bond donors (Lipinski definition) is 1. The summed E-state index contributed by atoms with van der Waals surface area (Å²) in [7, 11) is 0. The monoisotopic (exact) mass is 121 g/mol. The molecule has 1 saturated heterocycles. The number of rotatable bonds is 1. The van der Waals surface area contributed by atoms with Crippen LogP contribution in [-0.2, 0) is 4.74 Å². The van der Waals surface area contributed by atoms with Gasteiger partial charge in [-0.1, -0.05) is 0 Å². The highest BCUT2D eigenvalue weighted by atomic mass is 35.5. The molecule has 0 unspecified atom stereocenters. The summed E-state index contributed by atoms with van der Waals surface area (Å²) < 4.78 is 4.95. The van der Waals surface area contributed by atoms with Crippen molar-refractivity contribution in [1.82, 2.24) is 5.32 Å². The first-order valence-corrected chi connectivity index (χ1v) is 2.84. The first-order chi connectivity index (χ1) is 3.43. The standard InChI is InChI=1S/C4H8ClNO/c5-1-4-2-7-3-6-4/h4,6H,1-3H2/t4-/m1/s1. The van der Waals surface area contributed by atoms with E-state index in [4.69, 9.17) is 16.3 Å². The molecule has 1 rings (SSSR count). The second-order valence-electron chi connectivity index (χ2n) is 1.57. The molecule has 3 heteroatoms. The van der Waals surface area contributed by atoms with Gasteiger partial charge in [0, 0.05) is 11.9 Å². The van der Waals surface area contributed by atoms with Crippen molar-refractivity contribution in [2.45, 2.75) is 6.04 Å². The fourth-order valence-electron chi connectivity index (χ4n) is 0.536. The van der Waals surface area contributed by atoms with Gasteiger partial charge in [0.05, 0.1) is 13.3 Å². The molecule has 1 atom stereocenters. The molecule has 0 aromatic heterocycles. The van der Waals surface area contributed by atoms with E-state index in [-0.39, 0.29) is 0 Å². The number of nitrogens with one attached hydrogen (secondary N) is 1. The summed E-state index contributed by atoms with van der Waals surface area (Å²) in [6.07, 6.45) is 0. The van der Waals surface area contributed by atoms with Crippen molar-refractivity contribution >= 4 is 11.6 Å². The maximum Gasteiger partial charge on any atom is 0.0969 e. The van der Waals surface area contributed by atoms with E-state index in [1.165, 1.54) is 0 Å². The van der Waals surface area contributed by atoms with Gasteiger partial charge in [-0.2, -0.15) is 0 Å². The second kappa shape index (κ2) is 2.50. The number of halogens is 1. The van der Waals surface area contributed by atoms with Crippen LogP contribution >= 0.6 is 11.6 Å². The van der Waals surface area contributed by atoms with Crippen LogP contribution < -0.4 is 5.32 Å². The molecule has 1 heterocycles. The molecule has 2 nitrogen and oxygen atoms in total. The van der Waals surface area contributed by atoms with E-state index in [0.29, 0.717) is 18.7 Å². The summed E-state index contributed by atoms with van der Waals surface area (Å²) in [6.45, 7) is 1.43. The van der Waals surface area contributed by atoms with Crippen molar-refractivity contribution in [1.29, 1.82) is 0 Å². The van der Waals surface area contributed by atoms with E-state index < -0.39 is 0 Å². The molecule has 1 aliphatic heterocycles. The summed E-state index contributed by atoms with van der Waals surface area (Å²) >= 11 is 5.47. The average Bonchev–Trinajstić information content (AvgIpc) is 2.14. The first-order valence-electron chi connectivity index (χ1n) is 2.30. The van der Waals surface area contributed by atoms with Crippen LogP contribution in [0.3, 0.4) is 0 Å². The zero-order valence-corrected chi connectivity index (χ0v) is 4.74. The van der Waals surface area contributed by atoms with Gasteiger partial charge in [0.1, 0.15) is 0 Å². The lowest BCUT2D eigenvalue weighted by atomic mass is 10.4. The van der Waals surface area contributed by atoms with Gasteiger partial charge < -0.3 is 4.74 Å². The minimum absolute atomic E-state index is 0.390. The summed E-state index contributed by atoms with van der Waals surface area (Å²) in [5, 5.41) is 3.05. The van der Waals surface area contributed by atoms with Gasteiger partial charge in [-0.15, -0.1) is 11.6 Å². The van der Waals surface area contributed by atoms with E-state index in [1.54, 1.807) is 0 Å². The van der Waals surface area contributed by atoms with Gasteiger partial charge in [-0.3, -0.25) is 5.32 Å². The van der Waals surface area contributed by atoms with Crippen LogP contribution in [0.4, 0.5) is 0 Å². The van der Waals surface area contributed by atoms with Crippen LogP contribution in [0.2, 0.25) is 0 Å². The number of hydrogen-bond acceptors (Lipinski definition) is 2. The van der Waals surface area contributed by atoms with Crippen molar-refractivity contribution in [2.75, 3.05) is 19.2 Å². The Labute approximate surface area is 47.8 Å². The van der Waals surface area contributed by atoms with Gasteiger partial charge in [-0.25, -0.2) is 0 Å². The highest BCUT2D eigenvalue weighted by Crippen LogP contribution is 1.94. The smallest absolute Gasteiger partial charge is 0.0969 e. The zero-order valence-electron chi connectivity index (χ0n) is 3.98. The van der Waals surface area contributed by atoms with Crippen molar-refractivity contribution in [3.05, 3.63) is 0 Å². The first kappa shape index (κ1) is 5.35. The molecule has 0 radical (unpaired) electrons. The minimum atomic E-state index is 0.390. The van der Waals surface area contributed by atoms with E-state index >= 15 is 0 Å². The third-order valence-corrected chi connectivity index (χ3v) is 1.35. The molecule has 42 valence electrons. The molecule has 1 aliphatic rings. The lowest BCUT2D eigenvalue weighted by molar-refractivity contribution is 0.190. The fourth-order valence-corrected chi connectivity index (χ4v) is 0.734. The summed E-state index contributed by atoms with van der Waals surface area (Å²) in [5.74, 6) is 0.653. The van der Waals surface area contributed by atoms with E-state index in [9.17, 15) is 0 Å². The molecule has 0 spiro atoms. The van der Waals surface area contributed by atoms with Crippen LogP contribution in [-0.4, -0.2) is 25.3 Å². The Bertz CT molecular complexity index is 53.7. The molecule has 1 fully saturated rings. The van der Waals surface area contributed by atoms with Crippen LogP contribution in [0.5, 0.6) is 0 Å². The van der Waals surface area contributed by atoms with Crippen LogP contribution in [0, 0.1) is 0 Å². The molecule has 0 saturated carbocycles. The Hall–Kier alpha value is 0.210. The highest BCUT2D eigenvalue weighted by Gasteiger charge is 2.11. The third-order valence-electron chi connectivity index (χ3n) is 0.979.